The number of fused-ring (bicyclic) bond motifs is 1. The molecule has 3 aromatic carbocycles. The Labute approximate surface area is 142 Å². The third kappa shape index (κ3) is 2.69. The van der Waals surface area contributed by atoms with Crippen LogP contribution in [0.2, 0.25) is 0 Å². The van der Waals surface area contributed by atoms with Crippen LogP contribution < -0.4 is 0 Å². The minimum atomic E-state index is 1.02. The average Bonchev–Trinajstić information content (AvgIpc) is 2.62. The molecule has 0 aliphatic carbocycles. The van der Waals surface area contributed by atoms with E-state index in [1.165, 1.54) is 27.6 Å². The number of hydrogen-bond acceptors (Lipinski definition) is 1. The predicted molar refractivity (Wildman–Crippen MR) is 102 cm³/mol. The zero-order valence-corrected chi connectivity index (χ0v) is 14.0. The van der Waals surface area contributed by atoms with Crippen LogP contribution in [0.1, 0.15) is 11.1 Å². The summed E-state index contributed by atoms with van der Waals surface area (Å²) in [5.74, 6) is 0. The Kier molecular flexibility index (Phi) is 3.62. The molecule has 1 aromatic heterocycles. The van der Waals surface area contributed by atoms with Gasteiger partial charge in [-0.1, -0.05) is 71.8 Å². The van der Waals surface area contributed by atoms with Crippen LogP contribution in [-0.2, 0) is 0 Å². The summed E-state index contributed by atoms with van der Waals surface area (Å²) < 4.78 is 0. The molecule has 4 rings (SSSR count). The summed E-state index contributed by atoms with van der Waals surface area (Å²) in [5, 5.41) is 1.21. The van der Waals surface area contributed by atoms with Gasteiger partial charge in [-0.3, -0.25) is 0 Å². The maximum absolute atomic E-state index is 4.89. The minimum Gasteiger partial charge on any atom is -0.248 e. The van der Waals surface area contributed by atoms with Crippen molar-refractivity contribution >= 4 is 10.9 Å². The van der Waals surface area contributed by atoms with E-state index in [0.717, 1.165) is 16.8 Å². The molecule has 1 nitrogen and oxygen atoms in total. The summed E-state index contributed by atoms with van der Waals surface area (Å²) >= 11 is 0. The largest absolute Gasteiger partial charge is 0.248 e. The van der Waals surface area contributed by atoms with Gasteiger partial charge in [-0.15, -0.1) is 0 Å². The number of benzene rings is 3. The normalized spacial score (nSPS) is 10.9. The van der Waals surface area contributed by atoms with E-state index >= 15 is 0 Å². The molecule has 0 unspecified atom stereocenters. The van der Waals surface area contributed by atoms with Crippen molar-refractivity contribution in [3.05, 3.63) is 90.0 Å². The fraction of sp³-hybridized carbons (Fsp3) is 0.0870. The highest BCUT2D eigenvalue weighted by atomic mass is 14.7. The lowest BCUT2D eigenvalue weighted by Crippen LogP contribution is -1.90. The third-order valence-electron chi connectivity index (χ3n) is 4.40. The van der Waals surface area contributed by atoms with Gasteiger partial charge in [-0.05, 0) is 43.2 Å². The van der Waals surface area contributed by atoms with Crippen LogP contribution >= 0.6 is 0 Å². The number of rotatable bonds is 2. The number of aryl methyl sites for hydroxylation is 2. The highest BCUT2D eigenvalue weighted by Gasteiger charge is 2.09. The van der Waals surface area contributed by atoms with Gasteiger partial charge in [0.25, 0.3) is 0 Å². The van der Waals surface area contributed by atoms with Gasteiger partial charge in [-0.2, -0.15) is 0 Å². The van der Waals surface area contributed by atoms with E-state index in [9.17, 15) is 0 Å². The highest BCUT2D eigenvalue weighted by Crippen LogP contribution is 2.32. The first-order valence-corrected chi connectivity index (χ1v) is 8.24. The second-order valence-electron chi connectivity index (χ2n) is 6.31. The number of hydrogen-bond donors (Lipinski definition) is 0. The maximum atomic E-state index is 4.89. The van der Waals surface area contributed by atoms with E-state index in [0.29, 0.717) is 0 Å². The molecule has 0 bridgehead atoms. The molecule has 0 aliphatic rings. The monoisotopic (exact) mass is 309 g/mol. The second-order valence-corrected chi connectivity index (χ2v) is 6.31. The van der Waals surface area contributed by atoms with Crippen LogP contribution in [0.4, 0.5) is 0 Å². The molecule has 0 amide bonds. The van der Waals surface area contributed by atoms with E-state index in [2.05, 4.69) is 86.6 Å². The Balaban J connectivity index is 2.01. The summed E-state index contributed by atoms with van der Waals surface area (Å²) in [4.78, 5) is 4.89. The van der Waals surface area contributed by atoms with Gasteiger partial charge in [0.15, 0.2) is 0 Å². The van der Waals surface area contributed by atoms with E-state index < -0.39 is 0 Å². The van der Waals surface area contributed by atoms with Crippen LogP contribution in [0.3, 0.4) is 0 Å². The molecular formula is C23H19N. The van der Waals surface area contributed by atoms with Crippen LogP contribution in [0.5, 0.6) is 0 Å². The Hall–Kier alpha value is -2.93. The summed E-state index contributed by atoms with van der Waals surface area (Å²) in [5.41, 5.74) is 8.20. The molecule has 0 saturated carbocycles. The van der Waals surface area contributed by atoms with Gasteiger partial charge < -0.3 is 0 Å². The maximum Gasteiger partial charge on any atom is 0.0715 e. The lowest BCUT2D eigenvalue weighted by Gasteiger charge is -2.11. The Bertz CT molecular complexity index is 999. The van der Waals surface area contributed by atoms with Crippen LogP contribution in [0, 0.1) is 13.8 Å². The van der Waals surface area contributed by atoms with E-state index in [4.69, 9.17) is 4.98 Å². The van der Waals surface area contributed by atoms with E-state index in [1.54, 1.807) is 0 Å². The van der Waals surface area contributed by atoms with Crippen molar-refractivity contribution in [2.24, 2.45) is 0 Å². The summed E-state index contributed by atoms with van der Waals surface area (Å²) in [6.07, 6.45) is 0. The second kappa shape index (κ2) is 5.93. The summed E-state index contributed by atoms with van der Waals surface area (Å²) in [6, 6.07) is 27.8. The first kappa shape index (κ1) is 14.6. The SMILES string of the molecule is Cc1ccc(-c2cc(-c3ccccc3)nc3ccc(C)cc23)cc1. The van der Waals surface area contributed by atoms with Crippen molar-refractivity contribution in [1.82, 2.24) is 4.98 Å². The van der Waals surface area contributed by atoms with Gasteiger partial charge >= 0.3 is 0 Å². The molecule has 0 radical (unpaired) electrons. The molecule has 4 aromatic rings. The highest BCUT2D eigenvalue weighted by molar-refractivity contribution is 5.97. The molecular weight excluding hydrogens is 290 g/mol. The first-order valence-electron chi connectivity index (χ1n) is 8.24. The first-order chi connectivity index (χ1) is 11.7. The van der Waals surface area contributed by atoms with Crippen molar-refractivity contribution in [2.75, 3.05) is 0 Å². The zero-order valence-electron chi connectivity index (χ0n) is 14.0. The van der Waals surface area contributed by atoms with Crippen molar-refractivity contribution in [2.45, 2.75) is 13.8 Å². The van der Waals surface area contributed by atoms with Gasteiger partial charge in [0.1, 0.15) is 0 Å². The Morgan fingerprint density at radius 1 is 0.625 bits per heavy atom. The van der Waals surface area contributed by atoms with Gasteiger partial charge in [-0.25, -0.2) is 4.98 Å². The predicted octanol–water partition coefficient (Wildman–Crippen LogP) is 6.19. The molecule has 116 valence electrons. The molecule has 24 heavy (non-hydrogen) atoms. The van der Waals surface area contributed by atoms with Crippen molar-refractivity contribution in [3.8, 4) is 22.4 Å². The van der Waals surface area contributed by atoms with Crippen LogP contribution in [-0.4, -0.2) is 4.98 Å². The average molecular weight is 309 g/mol. The van der Waals surface area contributed by atoms with Gasteiger partial charge in [0, 0.05) is 10.9 Å². The van der Waals surface area contributed by atoms with Crippen LogP contribution in [0.25, 0.3) is 33.3 Å². The van der Waals surface area contributed by atoms with Gasteiger partial charge in [0.2, 0.25) is 0 Å². The van der Waals surface area contributed by atoms with E-state index in [1.807, 2.05) is 6.07 Å². The fourth-order valence-corrected chi connectivity index (χ4v) is 3.07. The number of aromatic nitrogens is 1. The Morgan fingerprint density at radius 3 is 2.08 bits per heavy atom. The van der Waals surface area contributed by atoms with Crippen LogP contribution in [0.15, 0.2) is 78.9 Å². The lowest BCUT2D eigenvalue weighted by molar-refractivity contribution is 1.38. The molecule has 0 N–H and O–H groups in total. The summed E-state index contributed by atoms with van der Waals surface area (Å²) in [7, 11) is 0. The molecule has 1 heteroatoms. The van der Waals surface area contributed by atoms with E-state index in [-0.39, 0.29) is 0 Å². The van der Waals surface area contributed by atoms with Crippen molar-refractivity contribution in [3.63, 3.8) is 0 Å². The lowest BCUT2D eigenvalue weighted by atomic mass is 9.97. The van der Waals surface area contributed by atoms with Crippen molar-refractivity contribution in [1.29, 1.82) is 0 Å². The zero-order chi connectivity index (χ0) is 16.5. The molecule has 0 atom stereocenters. The number of pyridine rings is 1. The molecule has 1 heterocycles. The van der Waals surface area contributed by atoms with Crippen molar-refractivity contribution < 1.29 is 0 Å². The Morgan fingerprint density at radius 2 is 1.33 bits per heavy atom. The third-order valence-corrected chi connectivity index (χ3v) is 4.40. The minimum absolute atomic E-state index is 1.02. The molecule has 0 aliphatic heterocycles. The molecule has 0 saturated heterocycles. The standard InChI is InChI=1S/C23H19N/c1-16-8-11-18(12-9-16)20-15-23(19-6-4-3-5-7-19)24-22-13-10-17(2)14-21(20)22/h3-15H,1-2H3. The number of nitrogens with zero attached hydrogens (tertiary/aromatic N) is 1. The topological polar surface area (TPSA) is 12.9 Å². The smallest absolute Gasteiger partial charge is 0.0715 e. The quantitative estimate of drug-likeness (QED) is 0.430. The summed E-state index contributed by atoms with van der Waals surface area (Å²) in [6.45, 7) is 4.25. The van der Waals surface area contributed by atoms with Gasteiger partial charge in [0.05, 0.1) is 11.2 Å². The fourth-order valence-electron chi connectivity index (χ4n) is 3.07. The molecule has 0 spiro atoms. The molecule has 0 fully saturated rings.